The number of amides is 1. The molecule has 0 saturated carbocycles. The number of aromatic carboxylic acids is 1. The monoisotopic (exact) mass is 398 g/mol. The summed E-state index contributed by atoms with van der Waals surface area (Å²) >= 11 is 1.16. The Kier molecular flexibility index (Phi) is 4.81. The van der Waals surface area contributed by atoms with Crippen LogP contribution in [0.15, 0.2) is 48.0 Å². The second-order valence-corrected chi connectivity index (χ2v) is 6.64. The van der Waals surface area contributed by atoms with Gasteiger partial charge in [0.2, 0.25) is 12.7 Å². The van der Waals surface area contributed by atoms with Crippen molar-refractivity contribution in [2.75, 3.05) is 6.79 Å². The van der Waals surface area contributed by atoms with Crippen LogP contribution in [0.1, 0.15) is 25.6 Å². The van der Waals surface area contributed by atoms with Crippen LogP contribution in [-0.2, 0) is 6.54 Å². The lowest BCUT2D eigenvalue weighted by Crippen LogP contribution is -2.22. The molecule has 1 aliphatic heterocycles. The molecule has 2 heterocycles. The Morgan fingerprint density at radius 1 is 1.14 bits per heavy atom. The fraction of sp³-hybridized carbons (Fsp3) is 0.105. The maximum atomic E-state index is 12.5. The molecule has 142 valence electrons. The first kappa shape index (κ1) is 17.8. The highest BCUT2D eigenvalue weighted by Gasteiger charge is 2.19. The highest BCUT2D eigenvalue weighted by molar-refractivity contribution is 7.12. The van der Waals surface area contributed by atoms with Gasteiger partial charge in [0, 0.05) is 12.6 Å². The molecule has 3 aromatic rings. The molecule has 2 aromatic carbocycles. The lowest BCUT2D eigenvalue weighted by molar-refractivity contribution is 0.0696. The number of carboxylic acids is 1. The van der Waals surface area contributed by atoms with Crippen LogP contribution in [-0.4, -0.2) is 28.8 Å². The van der Waals surface area contributed by atoms with Gasteiger partial charge in [-0.1, -0.05) is 12.1 Å². The number of thiazole rings is 1. The SMILES string of the molecule is O=C(O)c1ccc(CNC(=O)c2scnc2Oc2ccc3c(c2)OCO3)cc1. The predicted molar refractivity (Wildman–Crippen MR) is 99.3 cm³/mol. The van der Waals surface area contributed by atoms with Crippen molar-refractivity contribution in [2.45, 2.75) is 6.54 Å². The van der Waals surface area contributed by atoms with Crippen LogP contribution in [0, 0.1) is 0 Å². The summed E-state index contributed by atoms with van der Waals surface area (Å²) < 4.78 is 16.3. The Balaban J connectivity index is 1.41. The van der Waals surface area contributed by atoms with E-state index in [0.29, 0.717) is 22.1 Å². The largest absolute Gasteiger partial charge is 0.478 e. The van der Waals surface area contributed by atoms with Crippen LogP contribution >= 0.6 is 11.3 Å². The number of hydrogen-bond acceptors (Lipinski definition) is 7. The molecule has 1 amide bonds. The minimum absolute atomic E-state index is 0.163. The first-order chi connectivity index (χ1) is 13.6. The molecular weight excluding hydrogens is 384 g/mol. The number of carbonyl (C=O) groups is 2. The van der Waals surface area contributed by atoms with Gasteiger partial charge in [-0.15, -0.1) is 11.3 Å². The topological polar surface area (TPSA) is 107 Å². The van der Waals surface area contributed by atoms with Gasteiger partial charge in [0.05, 0.1) is 11.1 Å². The van der Waals surface area contributed by atoms with E-state index >= 15 is 0 Å². The predicted octanol–water partition coefficient (Wildman–Crippen LogP) is 3.29. The number of fused-ring (bicyclic) bond motifs is 1. The first-order valence-electron chi connectivity index (χ1n) is 8.21. The zero-order valence-corrected chi connectivity index (χ0v) is 15.2. The summed E-state index contributed by atoms with van der Waals surface area (Å²) in [6.45, 7) is 0.413. The molecule has 8 nitrogen and oxygen atoms in total. The summed E-state index contributed by atoms with van der Waals surface area (Å²) in [5.74, 6) is 0.559. The van der Waals surface area contributed by atoms with Gasteiger partial charge in [0.1, 0.15) is 5.75 Å². The second kappa shape index (κ2) is 7.57. The van der Waals surface area contributed by atoms with Crippen molar-refractivity contribution in [1.82, 2.24) is 10.3 Å². The standard InChI is InChI=1S/C19H14N2O6S/c22-17(20-8-11-1-3-12(4-2-11)19(23)24)16-18(21-9-28-16)27-13-5-6-14-15(7-13)26-10-25-14/h1-7,9H,8,10H2,(H,20,22)(H,23,24). The summed E-state index contributed by atoms with van der Waals surface area (Å²) in [6.07, 6.45) is 0. The molecule has 0 saturated heterocycles. The summed E-state index contributed by atoms with van der Waals surface area (Å²) in [5, 5.41) is 11.7. The molecule has 0 spiro atoms. The minimum atomic E-state index is -0.995. The van der Waals surface area contributed by atoms with Crippen molar-refractivity contribution in [3.8, 4) is 23.1 Å². The highest BCUT2D eigenvalue weighted by Crippen LogP contribution is 2.37. The Morgan fingerprint density at radius 3 is 2.71 bits per heavy atom. The highest BCUT2D eigenvalue weighted by atomic mass is 32.1. The minimum Gasteiger partial charge on any atom is -0.478 e. The summed E-state index contributed by atoms with van der Waals surface area (Å²) in [7, 11) is 0. The third kappa shape index (κ3) is 3.74. The van der Waals surface area contributed by atoms with Crippen LogP contribution in [0.4, 0.5) is 0 Å². The molecule has 0 radical (unpaired) electrons. The molecule has 1 aromatic heterocycles. The van der Waals surface area contributed by atoms with Crippen LogP contribution in [0.3, 0.4) is 0 Å². The lowest BCUT2D eigenvalue weighted by Gasteiger charge is -2.07. The number of aromatic nitrogens is 1. The number of hydrogen-bond donors (Lipinski definition) is 2. The van der Waals surface area contributed by atoms with E-state index in [-0.39, 0.29) is 30.7 Å². The van der Waals surface area contributed by atoms with E-state index in [1.165, 1.54) is 17.6 Å². The lowest BCUT2D eigenvalue weighted by atomic mass is 10.1. The molecule has 0 unspecified atom stereocenters. The van der Waals surface area contributed by atoms with E-state index in [9.17, 15) is 9.59 Å². The smallest absolute Gasteiger partial charge is 0.335 e. The number of carboxylic acid groups (broad SMARTS) is 1. The summed E-state index contributed by atoms with van der Waals surface area (Å²) in [5.41, 5.74) is 2.50. The van der Waals surface area contributed by atoms with Gasteiger partial charge < -0.3 is 24.6 Å². The number of ether oxygens (including phenoxy) is 3. The third-order valence-electron chi connectivity index (χ3n) is 3.95. The van der Waals surface area contributed by atoms with E-state index in [2.05, 4.69) is 10.3 Å². The van der Waals surface area contributed by atoms with Crippen LogP contribution in [0.25, 0.3) is 0 Å². The van der Waals surface area contributed by atoms with E-state index in [1.54, 1.807) is 30.3 Å². The molecule has 0 bridgehead atoms. The molecular formula is C19H14N2O6S. The fourth-order valence-electron chi connectivity index (χ4n) is 2.54. The fourth-order valence-corrected chi connectivity index (χ4v) is 3.17. The van der Waals surface area contributed by atoms with Gasteiger partial charge in [-0.05, 0) is 29.8 Å². The van der Waals surface area contributed by atoms with Gasteiger partial charge in [-0.25, -0.2) is 9.78 Å². The summed E-state index contributed by atoms with van der Waals surface area (Å²) in [6, 6.07) is 11.4. The number of benzene rings is 2. The molecule has 9 heteroatoms. The first-order valence-corrected chi connectivity index (χ1v) is 9.09. The van der Waals surface area contributed by atoms with Crippen LogP contribution in [0.2, 0.25) is 0 Å². The normalized spacial score (nSPS) is 11.9. The zero-order valence-electron chi connectivity index (χ0n) is 14.4. The average Bonchev–Trinajstić information content (AvgIpc) is 3.35. The number of nitrogens with one attached hydrogen (secondary N) is 1. The molecule has 2 N–H and O–H groups in total. The molecule has 28 heavy (non-hydrogen) atoms. The van der Waals surface area contributed by atoms with E-state index in [4.69, 9.17) is 19.3 Å². The molecule has 0 atom stereocenters. The molecule has 0 aliphatic carbocycles. The Morgan fingerprint density at radius 2 is 1.93 bits per heavy atom. The molecule has 4 rings (SSSR count). The number of carbonyl (C=O) groups excluding carboxylic acids is 1. The molecule has 1 aliphatic rings. The average molecular weight is 398 g/mol. The zero-order chi connectivity index (χ0) is 19.5. The van der Waals surface area contributed by atoms with Crippen molar-refractivity contribution >= 4 is 23.2 Å². The van der Waals surface area contributed by atoms with Crippen LogP contribution in [0.5, 0.6) is 23.1 Å². The van der Waals surface area contributed by atoms with Gasteiger partial charge in [-0.3, -0.25) is 4.79 Å². The van der Waals surface area contributed by atoms with Gasteiger partial charge >= 0.3 is 5.97 Å². The molecule has 0 fully saturated rings. The third-order valence-corrected chi connectivity index (χ3v) is 4.76. The Labute approximate surface area is 163 Å². The van der Waals surface area contributed by atoms with E-state index < -0.39 is 5.97 Å². The van der Waals surface area contributed by atoms with Crippen molar-refractivity contribution < 1.29 is 28.9 Å². The maximum Gasteiger partial charge on any atom is 0.335 e. The van der Waals surface area contributed by atoms with Crippen molar-refractivity contribution in [1.29, 1.82) is 0 Å². The van der Waals surface area contributed by atoms with Gasteiger partial charge in [-0.2, -0.15) is 0 Å². The Bertz CT molecular complexity index is 1030. The van der Waals surface area contributed by atoms with Crippen molar-refractivity contribution in [2.24, 2.45) is 0 Å². The van der Waals surface area contributed by atoms with Crippen LogP contribution < -0.4 is 19.5 Å². The van der Waals surface area contributed by atoms with E-state index in [0.717, 1.165) is 16.9 Å². The van der Waals surface area contributed by atoms with Crippen molar-refractivity contribution in [3.05, 3.63) is 64.0 Å². The van der Waals surface area contributed by atoms with Gasteiger partial charge in [0.25, 0.3) is 5.91 Å². The summed E-state index contributed by atoms with van der Waals surface area (Å²) in [4.78, 5) is 27.8. The van der Waals surface area contributed by atoms with Gasteiger partial charge in [0.15, 0.2) is 16.4 Å². The van der Waals surface area contributed by atoms with E-state index in [1.807, 2.05) is 0 Å². The quantitative estimate of drug-likeness (QED) is 0.656. The van der Waals surface area contributed by atoms with Crippen molar-refractivity contribution in [3.63, 3.8) is 0 Å². The maximum absolute atomic E-state index is 12.5. The number of nitrogens with zero attached hydrogens (tertiary/aromatic N) is 1. The Hall–Kier alpha value is -3.59. The second-order valence-electron chi connectivity index (χ2n) is 5.79. The number of rotatable bonds is 6.